The van der Waals surface area contributed by atoms with Crippen LogP contribution in [-0.4, -0.2) is 66.9 Å². The Morgan fingerprint density at radius 2 is 1.68 bits per heavy atom. The summed E-state index contributed by atoms with van der Waals surface area (Å²) in [5, 5.41) is 12.2. The lowest BCUT2D eigenvalue weighted by atomic mass is 9.98. The number of nitrogens with one attached hydrogen (secondary N) is 1. The summed E-state index contributed by atoms with van der Waals surface area (Å²) in [7, 11) is 1.43. The Kier molecular flexibility index (Phi) is 7.47. The highest BCUT2D eigenvalue weighted by Gasteiger charge is 2.36. The van der Waals surface area contributed by atoms with E-state index in [9.17, 15) is 19.5 Å². The summed E-state index contributed by atoms with van der Waals surface area (Å²) in [5.41, 5.74) is 4.44. The highest BCUT2D eigenvalue weighted by molar-refractivity contribution is 5.89. The molecule has 180 valence electrons. The number of likely N-dealkylation sites (tertiary alicyclic amines) is 1. The van der Waals surface area contributed by atoms with Crippen molar-refractivity contribution in [3.63, 3.8) is 0 Å². The van der Waals surface area contributed by atoms with Crippen molar-refractivity contribution in [3.05, 3.63) is 59.7 Å². The maximum atomic E-state index is 13.2. The van der Waals surface area contributed by atoms with Gasteiger partial charge in [0, 0.05) is 19.6 Å². The van der Waals surface area contributed by atoms with Gasteiger partial charge in [-0.1, -0.05) is 61.4 Å². The highest BCUT2D eigenvalue weighted by Crippen LogP contribution is 2.44. The summed E-state index contributed by atoms with van der Waals surface area (Å²) in [6, 6.07) is 14.1. The topological polar surface area (TPSA) is 105 Å². The molecule has 1 aliphatic carbocycles. The molecule has 2 aliphatic rings. The number of fused-ring (bicyclic) bond motifs is 3. The van der Waals surface area contributed by atoms with Crippen molar-refractivity contribution < 1.29 is 29.0 Å². The van der Waals surface area contributed by atoms with Gasteiger partial charge in [-0.05, 0) is 35.1 Å². The van der Waals surface area contributed by atoms with E-state index < -0.39 is 30.1 Å². The molecule has 1 fully saturated rings. The average molecular weight is 467 g/mol. The van der Waals surface area contributed by atoms with E-state index in [1.807, 2.05) is 36.4 Å². The van der Waals surface area contributed by atoms with Crippen molar-refractivity contribution >= 4 is 18.0 Å². The Bertz CT molecular complexity index is 1010. The highest BCUT2D eigenvalue weighted by atomic mass is 16.5. The quantitative estimate of drug-likeness (QED) is 0.648. The lowest BCUT2D eigenvalue weighted by Crippen LogP contribution is -2.55. The number of aliphatic carboxylic acids is 1. The molecule has 0 spiro atoms. The predicted molar refractivity (Wildman–Crippen MR) is 125 cm³/mol. The van der Waals surface area contributed by atoms with E-state index in [4.69, 9.17) is 9.47 Å². The lowest BCUT2D eigenvalue weighted by Gasteiger charge is -2.30. The molecule has 1 saturated heterocycles. The number of carbonyl (C=O) groups excluding carboxylic acids is 2. The van der Waals surface area contributed by atoms with Crippen LogP contribution in [0.5, 0.6) is 0 Å². The number of methoxy groups -OCH3 is 1. The second kappa shape index (κ2) is 10.7. The third-order valence-corrected chi connectivity index (χ3v) is 6.59. The minimum Gasteiger partial charge on any atom is -0.480 e. The standard InChI is InChI=1S/C26H30N2O6/c1-33-16-22(24(29)28-14-8-2-3-13-23(28)25(30)31)27-26(32)34-15-21-19-11-6-4-9-17(19)18-10-5-7-12-20(18)21/h4-7,9-12,21-23H,2-3,8,13-16H2,1H3,(H,27,32)(H,30,31). The second-order valence-corrected chi connectivity index (χ2v) is 8.71. The van der Waals surface area contributed by atoms with E-state index >= 15 is 0 Å². The smallest absolute Gasteiger partial charge is 0.407 e. The number of hydrogen-bond acceptors (Lipinski definition) is 5. The van der Waals surface area contributed by atoms with Gasteiger partial charge in [0.1, 0.15) is 18.7 Å². The van der Waals surface area contributed by atoms with Crippen LogP contribution in [0.3, 0.4) is 0 Å². The molecule has 1 aliphatic heterocycles. The van der Waals surface area contributed by atoms with Gasteiger partial charge in [-0.15, -0.1) is 0 Å². The van der Waals surface area contributed by atoms with Gasteiger partial charge >= 0.3 is 12.1 Å². The molecule has 2 amide bonds. The third kappa shape index (κ3) is 4.92. The van der Waals surface area contributed by atoms with E-state index in [-0.39, 0.29) is 19.1 Å². The summed E-state index contributed by atoms with van der Waals surface area (Å²) in [5.74, 6) is -1.60. The van der Waals surface area contributed by atoms with Crippen molar-refractivity contribution in [2.75, 3.05) is 26.9 Å². The molecular formula is C26H30N2O6. The fourth-order valence-corrected chi connectivity index (χ4v) is 4.95. The molecule has 0 aromatic heterocycles. The van der Waals surface area contributed by atoms with E-state index in [0.29, 0.717) is 13.0 Å². The number of carboxylic acids is 1. The van der Waals surface area contributed by atoms with Crippen LogP contribution in [-0.2, 0) is 19.1 Å². The average Bonchev–Trinajstić information content (AvgIpc) is 2.97. The van der Waals surface area contributed by atoms with Crippen molar-refractivity contribution in [2.45, 2.75) is 43.7 Å². The summed E-state index contributed by atoms with van der Waals surface area (Å²) in [4.78, 5) is 39.0. The van der Waals surface area contributed by atoms with Crippen molar-refractivity contribution in [3.8, 4) is 11.1 Å². The van der Waals surface area contributed by atoms with Crippen molar-refractivity contribution in [2.24, 2.45) is 0 Å². The van der Waals surface area contributed by atoms with Crippen LogP contribution in [0.4, 0.5) is 4.79 Å². The molecule has 2 atom stereocenters. The number of rotatable bonds is 7. The van der Waals surface area contributed by atoms with E-state index in [2.05, 4.69) is 17.4 Å². The molecule has 4 rings (SSSR count). The first-order valence-corrected chi connectivity index (χ1v) is 11.6. The second-order valence-electron chi connectivity index (χ2n) is 8.71. The molecule has 2 unspecified atom stereocenters. The summed E-state index contributed by atoms with van der Waals surface area (Å²) < 4.78 is 10.7. The maximum Gasteiger partial charge on any atom is 0.407 e. The first-order valence-electron chi connectivity index (χ1n) is 11.6. The fourth-order valence-electron chi connectivity index (χ4n) is 4.95. The molecule has 0 saturated carbocycles. The molecular weight excluding hydrogens is 436 g/mol. The van der Waals surface area contributed by atoms with E-state index in [1.54, 1.807) is 0 Å². The molecule has 0 radical (unpaired) electrons. The van der Waals surface area contributed by atoms with Crippen LogP contribution in [0.25, 0.3) is 11.1 Å². The van der Waals surface area contributed by atoms with Gasteiger partial charge in [0.15, 0.2) is 0 Å². The zero-order chi connectivity index (χ0) is 24.1. The van der Waals surface area contributed by atoms with Gasteiger partial charge in [0.2, 0.25) is 5.91 Å². The van der Waals surface area contributed by atoms with Crippen molar-refractivity contribution in [1.29, 1.82) is 0 Å². The minimum atomic E-state index is -1.03. The molecule has 2 N–H and O–H groups in total. The Morgan fingerprint density at radius 3 is 2.29 bits per heavy atom. The van der Waals surface area contributed by atoms with Gasteiger partial charge < -0.3 is 24.8 Å². The zero-order valence-corrected chi connectivity index (χ0v) is 19.2. The Morgan fingerprint density at radius 1 is 1.03 bits per heavy atom. The summed E-state index contributed by atoms with van der Waals surface area (Å²) in [6.07, 6.45) is 1.99. The van der Waals surface area contributed by atoms with Crippen LogP contribution in [0.15, 0.2) is 48.5 Å². The fraction of sp³-hybridized carbons (Fsp3) is 0.423. The number of benzene rings is 2. The van der Waals surface area contributed by atoms with E-state index in [1.165, 1.54) is 12.0 Å². The minimum absolute atomic E-state index is 0.0775. The number of nitrogens with zero attached hydrogens (tertiary/aromatic N) is 1. The number of alkyl carbamates (subject to hydrolysis) is 1. The van der Waals surface area contributed by atoms with Gasteiger partial charge in [0.25, 0.3) is 0 Å². The normalized spacial score (nSPS) is 18.4. The molecule has 2 aromatic carbocycles. The molecule has 8 nitrogen and oxygen atoms in total. The third-order valence-electron chi connectivity index (χ3n) is 6.59. The van der Waals surface area contributed by atoms with Crippen LogP contribution in [0.1, 0.15) is 42.7 Å². The van der Waals surface area contributed by atoms with Gasteiger partial charge in [0.05, 0.1) is 6.61 Å². The summed E-state index contributed by atoms with van der Waals surface area (Å²) >= 11 is 0. The monoisotopic (exact) mass is 466 g/mol. The molecule has 1 heterocycles. The number of amides is 2. The van der Waals surface area contributed by atoms with Gasteiger partial charge in [-0.2, -0.15) is 0 Å². The SMILES string of the molecule is COCC(NC(=O)OCC1c2ccccc2-c2ccccc21)C(=O)N1CCCCCC1C(=O)O. The molecule has 0 bridgehead atoms. The molecule has 2 aromatic rings. The van der Waals surface area contributed by atoms with Crippen LogP contribution >= 0.6 is 0 Å². The Labute approximate surface area is 198 Å². The lowest BCUT2D eigenvalue weighted by molar-refractivity contribution is -0.151. The number of hydrogen-bond donors (Lipinski definition) is 2. The molecule has 34 heavy (non-hydrogen) atoms. The predicted octanol–water partition coefficient (Wildman–Crippen LogP) is 3.40. The van der Waals surface area contributed by atoms with Crippen LogP contribution < -0.4 is 5.32 Å². The maximum absolute atomic E-state index is 13.2. The van der Waals surface area contributed by atoms with Crippen molar-refractivity contribution in [1.82, 2.24) is 10.2 Å². The molecule has 8 heteroatoms. The van der Waals surface area contributed by atoms with Gasteiger partial charge in [-0.25, -0.2) is 9.59 Å². The Hall–Kier alpha value is -3.39. The first-order chi connectivity index (χ1) is 16.5. The Balaban J connectivity index is 1.44. The van der Waals surface area contributed by atoms with Crippen LogP contribution in [0.2, 0.25) is 0 Å². The first kappa shape index (κ1) is 23.8. The van der Waals surface area contributed by atoms with Gasteiger partial charge in [-0.3, -0.25) is 4.79 Å². The largest absolute Gasteiger partial charge is 0.480 e. The number of carboxylic acid groups (broad SMARTS) is 1. The summed E-state index contributed by atoms with van der Waals surface area (Å²) in [6.45, 7) is 0.378. The number of ether oxygens (including phenoxy) is 2. The van der Waals surface area contributed by atoms with E-state index in [0.717, 1.165) is 41.5 Å². The zero-order valence-electron chi connectivity index (χ0n) is 19.2. The van der Waals surface area contributed by atoms with Crippen LogP contribution in [0, 0.1) is 0 Å². The number of carbonyl (C=O) groups is 3.